The van der Waals surface area contributed by atoms with Crippen LogP contribution in [-0.4, -0.2) is 18.9 Å². The topological polar surface area (TPSA) is 67.4 Å². The van der Waals surface area contributed by atoms with E-state index in [0.29, 0.717) is 28.7 Å². The molecule has 1 fully saturated rings. The Kier molecular flexibility index (Phi) is 5.69. The molecule has 2 atom stereocenters. The highest BCUT2D eigenvalue weighted by Gasteiger charge is 2.48. The number of amides is 2. The Morgan fingerprint density at radius 1 is 1.08 bits per heavy atom. The third-order valence-electron chi connectivity index (χ3n) is 4.28. The Balaban J connectivity index is 1.49. The molecule has 1 saturated carbocycles. The molecule has 2 aromatic rings. The number of carbonyl (C=O) groups excluding carboxylic acids is 2. The van der Waals surface area contributed by atoms with Gasteiger partial charge in [0.25, 0.3) is 0 Å². The second-order valence-electron chi connectivity index (χ2n) is 6.13. The molecule has 0 aromatic heterocycles. The molecule has 0 spiro atoms. The lowest BCUT2D eigenvalue weighted by atomic mass is 10.2. The summed E-state index contributed by atoms with van der Waals surface area (Å²) in [5, 5.41) is 6.47. The fourth-order valence-corrected chi connectivity index (χ4v) is 3.11. The SMILES string of the molecule is COc1ccc(CNC(=O)C2CC2C(=O)Nc2ccc(Cl)cc2Cl)cc1. The predicted molar refractivity (Wildman–Crippen MR) is 102 cm³/mol. The van der Waals surface area contributed by atoms with Gasteiger partial charge in [-0.25, -0.2) is 0 Å². The summed E-state index contributed by atoms with van der Waals surface area (Å²) < 4.78 is 5.10. The molecule has 0 bridgehead atoms. The van der Waals surface area contributed by atoms with Gasteiger partial charge in [-0.05, 0) is 42.3 Å². The molecule has 1 aliphatic rings. The maximum atomic E-state index is 12.3. The quantitative estimate of drug-likeness (QED) is 0.783. The molecule has 2 aromatic carbocycles. The normalized spacial score (nSPS) is 18.1. The van der Waals surface area contributed by atoms with Crippen molar-refractivity contribution in [1.82, 2.24) is 5.32 Å². The molecule has 0 radical (unpaired) electrons. The van der Waals surface area contributed by atoms with Gasteiger partial charge in [0, 0.05) is 11.6 Å². The van der Waals surface area contributed by atoms with Gasteiger partial charge < -0.3 is 15.4 Å². The minimum absolute atomic E-state index is 0.122. The van der Waals surface area contributed by atoms with Gasteiger partial charge in [0.2, 0.25) is 11.8 Å². The number of ether oxygens (including phenoxy) is 1. The van der Waals surface area contributed by atoms with E-state index in [1.807, 2.05) is 24.3 Å². The third kappa shape index (κ3) is 4.48. The van der Waals surface area contributed by atoms with Gasteiger partial charge in [0.1, 0.15) is 5.75 Å². The fourth-order valence-electron chi connectivity index (χ4n) is 2.65. The third-order valence-corrected chi connectivity index (χ3v) is 4.83. The summed E-state index contributed by atoms with van der Waals surface area (Å²) in [7, 11) is 1.60. The van der Waals surface area contributed by atoms with Crippen LogP contribution in [0.2, 0.25) is 10.0 Å². The number of anilines is 1. The van der Waals surface area contributed by atoms with Gasteiger partial charge in [-0.2, -0.15) is 0 Å². The summed E-state index contributed by atoms with van der Waals surface area (Å²) in [6.07, 6.45) is 0.533. The molecule has 1 aliphatic carbocycles. The molecule has 26 heavy (non-hydrogen) atoms. The van der Waals surface area contributed by atoms with Crippen molar-refractivity contribution < 1.29 is 14.3 Å². The van der Waals surface area contributed by atoms with Crippen LogP contribution in [0.15, 0.2) is 42.5 Å². The Labute approximate surface area is 161 Å². The van der Waals surface area contributed by atoms with Gasteiger partial charge in [0.15, 0.2) is 0 Å². The number of benzene rings is 2. The number of rotatable bonds is 6. The van der Waals surface area contributed by atoms with Crippen LogP contribution >= 0.6 is 23.2 Å². The average Bonchev–Trinajstić information content (AvgIpc) is 3.43. The molecule has 5 nitrogen and oxygen atoms in total. The van der Waals surface area contributed by atoms with E-state index in [4.69, 9.17) is 27.9 Å². The van der Waals surface area contributed by atoms with E-state index in [1.165, 1.54) is 0 Å². The second kappa shape index (κ2) is 7.98. The lowest BCUT2D eigenvalue weighted by molar-refractivity contribution is -0.125. The molecule has 2 unspecified atom stereocenters. The maximum absolute atomic E-state index is 12.3. The van der Waals surface area contributed by atoms with Gasteiger partial charge in [-0.3, -0.25) is 9.59 Å². The van der Waals surface area contributed by atoms with Crippen molar-refractivity contribution in [1.29, 1.82) is 0 Å². The zero-order valence-corrected chi connectivity index (χ0v) is 15.6. The number of hydrogen-bond acceptors (Lipinski definition) is 3. The van der Waals surface area contributed by atoms with Crippen molar-refractivity contribution in [2.45, 2.75) is 13.0 Å². The van der Waals surface area contributed by atoms with Crippen molar-refractivity contribution in [3.05, 3.63) is 58.1 Å². The predicted octanol–water partition coefficient (Wildman–Crippen LogP) is 3.89. The summed E-state index contributed by atoms with van der Waals surface area (Å²) in [6, 6.07) is 12.3. The zero-order valence-electron chi connectivity index (χ0n) is 14.1. The van der Waals surface area contributed by atoms with Crippen molar-refractivity contribution >= 4 is 40.7 Å². The van der Waals surface area contributed by atoms with E-state index in [1.54, 1.807) is 25.3 Å². The number of halogens is 2. The Bertz CT molecular complexity index is 824. The van der Waals surface area contributed by atoms with E-state index < -0.39 is 0 Å². The molecule has 7 heteroatoms. The lowest BCUT2D eigenvalue weighted by Gasteiger charge is -2.08. The first-order valence-corrected chi connectivity index (χ1v) is 8.90. The summed E-state index contributed by atoms with van der Waals surface area (Å²) in [6.45, 7) is 0.413. The summed E-state index contributed by atoms with van der Waals surface area (Å²) in [5.41, 5.74) is 1.46. The average molecular weight is 393 g/mol. The maximum Gasteiger partial charge on any atom is 0.228 e. The molecule has 2 amide bonds. The van der Waals surface area contributed by atoms with Crippen molar-refractivity contribution in [3.8, 4) is 5.75 Å². The number of nitrogens with one attached hydrogen (secondary N) is 2. The molecule has 136 valence electrons. The first kappa shape index (κ1) is 18.5. The Hall–Kier alpha value is -2.24. The van der Waals surface area contributed by atoms with Gasteiger partial charge >= 0.3 is 0 Å². The number of methoxy groups -OCH3 is 1. The Morgan fingerprint density at radius 3 is 2.42 bits per heavy atom. The van der Waals surface area contributed by atoms with Crippen LogP contribution < -0.4 is 15.4 Å². The lowest BCUT2D eigenvalue weighted by Crippen LogP contribution is -2.27. The second-order valence-corrected chi connectivity index (χ2v) is 6.97. The van der Waals surface area contributed by atoms with Crippen LogP contribution in [0.1, 0.15) is 12.0 Å². The van der Waals surface area contributed by atoms with Crippen LogP contribution in [0.25, 0.3) is 0 Å². The van der Waals surface area contributed by atoms with Gasteiger partial charge in [-0.1, -0.05) is 35.3 Å². The fraction of sp³-hybridized carbons (Fsp3) is 0.263. The molecular weight excluding hydrogens is 375 g/mol. The molecule has 2 N–H and O–H groups in total. The standard InChI is InChI=1S/C19H18Cl2N2O3/c1-26-13-5-2-11(3-6-13)10-22-18(24)14-9-15(14)19(25)23-17-7-4-12(20)8-16(17)21/h2-8,14-15H,9-10H2,1H3,(H,22,24)(H,23,25). The van der Waals surface area contributed by atoms with E-state index in [0.717, 1.165) is 11.3 Å². The first-order chi connectivity index (χ1) is 12.5. The van der Waals surface area contributed by atoms with Crippen molar-refractivity contribution in [3.63, 3.8) is 0 Å². The molecule has 3 rings (SSSR count). The van der Waals surface area contributed by atoms with Gasteiger partial charge in [-0.15, -0.1) is 0 Å². The van der Waals surface area contributed by atoms with Crippen molar-refractivity contribution in [2.75, 3.05) is 12.4 Å². The molecular formula is C19H18Cl2N2O3. The molecule has 0 aliphatic heterocycles. The minimum atomic E-state index is -0.336. The van der Waals surface area contributed by atoms with Gasteiger partial charge in [0.05, 0.1) is 29.7 Å². The number of hydrogen-bond donors (Lipinski definition) is 2. The smallest absolute Gasteiger partial charge is 0.228 e. The first-order valence-electron chi connectivity index (χ1n) is 8.14. The van der Waals surface area contributed by atoms with E-state index in [2.05, 4.69) is 10.6 Å². The summed E-state index contributed by atoms with van der Waals surface area (Å²) >= 11 is 11.9. The summed E-state index contributed by atoms with van der Waals surface area (Å²) in [5.74, 6) is -0.209. The monoisotopic (exact) mass is 392 g/mol. The van der Waals surface area contributed by atoms with Crippen LogP contribution in [0.5, 0.6) is 5.75 Å². The summed E-state index contributed by atoms with van der Waals surface area (Å²) in [4.78, 5) is 24.5. The highest BCUT2D eigenvalue weighted by molar-refractivity contribution is 6.36. The van der Waals surface area contributed by atoms with Crippen molar-refractivity contribution in [2.24, 2.45) is 11.8 Å². The van der Waals surface area contributed by atoms with E-state index in [-0.39, 0.29) is 23.7 Å². The van der Waals surface area contributed by atoms with Crippen LogP contribution in [-0.2, 0) is 16.1 Å². The Morgan fingerprint density at radius 2 is 1.77 bits per heavy atom. The largest absolute Gasteiger partial charge is 0.497 e. The highest BCUT2D eigenvalue weighted by atomic mass is 35.5. The number of carbonyl (C=O) groups is 2. The van der Waals surface area contributed by atoms with Crippen LogP contribution in [0.3, 0.4) is 0 Å². The molecule has 0 heterocycles. The minimum Gasteiger partial charge on any atom is -0.497 e. The zero-order chi connectivity index (χ0) is 18.7. The van der Waals surface area contributed by atoms with Crippen LogP contribution in [0.4, 0.5) is 5.69 Å². The molecule has 0 saturated heterocycles. The van der Waals surface area contributed by atoms with Crippen LogP contribution in [0, 0.1) is 11.8 Å². The highest BCUT2D eigenvalue weighted by Crippen LogP contribution is 2.40. The van der Waals surface area contributed by atoms with E-state index >= 15 is 0 Å². The van der Waals surface area contributed by atoms with E-state index in [9.17, 15) is 9.59 Å².